The van der Waals surface area contributed by atoms with Gasteiger partial charge in [-0.2, -0.15) is 0 Å². The van der Waals surface area contributed by atoms with E-state index in [1.807, 2.05) is 17.4 Å². The molecule has 0 N–H and O–H groups in total. The fourth-order valence-corrected chi connectivity index (χ4v) is 10.3. The molecule has 0 spiro atoms. The molecule has 2 aromatic heterocycles. The number of anilines is 2. The lowest BCUT2D eigenvalue weighted by molar-refractivity contribution is 0.601. The molecule has 0 radical (unpaired) electrons. The molecule has 1 aliphatic rings. The van der Waals surface area contributed by atoms with Gasteiger partial charge in [0, 0.05) is 47.6 Å². The van der Waals surface area contributed by atoms with Crippen LogP contribution in [0.25, 0.3) is 75.1 Å². The number of rotatable bonds is 6. The molecule has 8 aromatic carbocycles. The molecule has 11 rings (SSSR count). The van der Waals surface area contributed by atoms with Gasteiger partial charge in [-0.05, 0) is 69.8 Å². The smallest absolute Gasteiger partial charge is 0.159 e. The van der Waals surface area contributed by atoms with Crippen LogP contribution in [-0.2, 0) is 5.41 Å². The molecular weight excluding hydrogens is 699 g/mol. The second-order valence-corrected chi connectivity index (χ2v) is 16.1. The van der Waals surface area contributed by atoms with E-state index in [1.54, 1.807) is 0 Å². The average Bonchev–Trinajstić information content (AvgIpc) is 3.84. The Hall–Kier alpha value is -6.68. The molecule has 0 amide bonds. The largest absolute Gasteiger partial charge is 0.454 e. The monoisotopic (exact) mass is 735 g/mol. The molecule has 3 heteroatoms. The number of nitrogens with zero attached hydrogens (tertiary/aromatic N) is 1. The van der Waals surface area contributed by atoms with Gasteiger partial charge in [-0.3, -0.25) is 0 Å². The van der Waals surface area contributed by atoms with Crippen molar-refractivity contribution < 1.29 is 4.42 Å². The summed E-state index contributed by atoms with van der Waals surface area (Å²) in [6.07, 6.45) is 8.06. The zero-order valence-corrected chi connectivity index (χ0v) is 31.8. The summed E-state index contributed by atoms with van der Waals surface area (Å²) in [4.78, 5) is 2.43. The third kappa shape index (κ3) is 5.16. The van der Waals surface area contributed by atoms with E-state index >= 15 is 0 Å². The van der Waals surface area contributed by atoms with E-state index in [4.69, 9.17) is 4.42 Å². The highest BCUT2D eigenvalue weighted by molar-refractivity contribution is 7.26. The minimum atomic E-state index is -0.180. The molecule has 0 fully saturated rings. The van der Waals surface area contributed by atoms with Crippen molar-refractivity contribution in [2.24, 2.45) is 0 Å². The van der Waals surface area contributed by atoms with Gasteiger partial charge in [-0.1, -0.05) is 171 Å². The van der Waals surface area contributed by atoms with Gasteiger partial charge < -0.3 is 9.32 Å². The number of fused-ring (bicyclic) bond motifs is 7. The molecule has 2 nitrogen and oxygen atoms in total. The summed E-state index contributed by atoms with van der Waals surface area (Å²) in [6, 6.07) is 63.5. The summed E-state index contributed by atoms with van der Waals surface area (Å²) >= 11 is 1.91. The van der Waals surface area contributed by atoms with Crippen molar-refractivity contribution in [2.45, 2.75) is 18.8 Å². The summed E-state index contributed by atoms with van der Waals surface area (Å²) in [5, 5.41) is 7.36. The number of benzene rings is 8. The second kappa shape index (κ2) is 13.0. The summed E-state index contributed by atoms with van der Waals surface area (Å²) in [6.45, 7) is 2.38. The first-order valence-corrected chi connectivity index (χ1v) is 20.1. The Morgan fingerprint density at radius 1 is 0.554 bits per heavy atom. The van der Waals surface area contributed by atoms with Gasteiger partial charge in [0.1, 0.15) is 5.58 Å². The normalized spacial score (nSPS) is 15.6. The molecule has 1 atom stereocenters. The Morgan fingerprint density at radius 3 is 2.07 bits per heavy atom. The predicted octanol–water partition coefficient (Wildman–Crippen LogP) is 15.4. The number of hydrogen-bond acceptors (Lipinski definition) is 3. The van der Waals surface area contributed by atoms with Gasteiger partial charge in [-0.25, -0.2) is 0 Å². The molecule has 266 valence electrons. The molecule has 0 bridgehead atoms. The van der Waals surface area contributed by atoms with Gasteiger partial charge >= 0.3 is 0 Å². The highest BCUT2D eigenvalue weighted by atomic mass is 32.1. The summed E-state index contributed by atoms with van der Waals surface area (Å²) in [5.41, 5.74) is 11.0. The van der Waals surface area contributed by atoms with Crippen LogP contribution in [0.2, 0.25) is 0 Å². The van der Waals surface area contributed by atoms with Crippen molar-refractivity contribution in [2.75, 3.05) is 4.90 Å². The van der Waals surface area contributed by atoms with Gasteiger partial charge in [0.15, 0.2) is 5.58 Å². The van der Waals surface area contributed by atoms with Gasteiger partial charge in [-0.15, -0.1) is 11.3 Å². The standard InChI is InChI=1S/C53H37NOS/c1-53(45-26-13-25-44-41-21-7-10-30-49(41)56-52(44)45)33-31-37(32-34-53)54(47-28-14-24-43-40-20-6-9-29-48(40)55-51(43)47)46-27-8-5-19-39(46)42-23-12-18-36-17-11-22-38(50(36)42)35-15-3-2-4-16-35/h2-33H,34H2,1H3. The summed E-state index contributed by atoms with van der Waals surface area (Å²) in [7, 11) is 0. The Kier molecular flexibility index (Phi) is 7.58. The van der Waals surface area contributed by atoms with Crippen LogP contribution >= 0.6 is 11.3 Å². The number of para-hydroxylation sites is 3. The highest BCUT2D eigenvalue weighted by Gasteiger charge is 2.31. The van der Waals surface area contributed by atoms with Crippen molar-refractivity contribution in [3.8, 4) is 22.3 Å². The van der Waals surface area contributed by atoms with Crippen LogP contribution in [0.1, 0.15) is 18.9 Å². The third-order valence-corrected chi connectivity index (χ3v) is 12.9. The van der Waals surface area contributed by atoms with Crippen molar-refractivity contribution >= 4 is 75.6 Å². The van der Waals surface area contributed by atoms with Gasteiger partial charge in [0.25, 0.3) is 0 Å². The maximum atomic E-state index is 6.77. The maximum absolute atomic E-state index is 6.77. The number of hydrogen-bond donors (Lipinski definition) is 0. The topological polar surface area (TPSA) is 16.4 Å². The zero-order valence-electron chi connectivity index (χ0n) is 30.9. The van der Waals surface area contributed by atoms with Crippen LogP contribution in [0.15, 0.2) is 204 Å². The fourth-order valence-electron chi connectivity index (χ4n) is 8.92. The number of thiophene rings is 1. The first-order valence-electron chi connectivity index (χ1n) is 19.3. The zero-order chi connectivity index (χ0) is 37.2. The van der Waals surface area contributed by atoms with Gasteiger partial charge in [0.2, 0.25) is 0 Å². The lowest BCUT2D eigenvalue weighted by atomic mass is 9.76. The van der Waals surface area contributed by atoms with E-state index in [0.717, 1.165) is 51.0 Å². The Balaban J connectivity index is 1.12. The van der Waals surface area contributed by atoms with Crippen LogP contribution in [0.5, 0.6) is 0 Å². The Morgan fingerprint density at radius 2 is 1.21 bits per heavy atom. The first-order chi connectivity index (χ1) is 27.6. The van der Waals surface area contributed by atoms with E-state index in [0.29, 0.717) is 0 Å². The molecule has 10 aromatic rings. The van der Waals surface area contributed by atoms with Crippen LogP contribution in [0, 0.1) is 0 Å². The summed E-state index contributed by atoms with van der Waals surface area (Å²) < 4.78 is 9.47. The maximum Gasteiger partial charge on any atom is 0.159 e. The highest BCUT2D eigenvalue weighted by Crippen LogP contribution is 2.49. The molecule has 56 heavy (non-hydrogen) atoms. The van der Waals surface area contributed by atoms with Crippen molar-refractivity contribution in [3.63, 3.8) is 0 Å². The van der Waals surface area contributed by atoms with E-state index in [2.05, 4.69) is 200 Å². The Labute approximate surface area is 329 Å². The van der Waals surface area contributed by atoms with Crippen LogP contribution in [0.4, 0.5) is 11.4 Å². The van der Waals surface area contributed by atoms with E-state index in [9.17, 15) is 0 Å². The number of furan rings is 1. The molecular formula is C53H37NOS. The van der Waals surface area contributed by atoms with E-state index in [-0.39, 0.29) is 5.41 Å². The quantitative estimate of drug-likeness (QED) is 0.169. The lowest BCUT2D eigenvalue weighted by Crippen LogP contribution is -2.24. The first kappa shape index (κ1) is 32.7. The Bertz CT molecular complexity index is 3200. The third-order valence-electron chi connectivity index (χ3n) is 11.7. The molecule has 0 saturated carbocycles. The van der Waals surface area contributed by atoms with E-state index < -0.39 is 0 Å². The minimum Gasteiger partial charge on any atom is -0.454 e. The minimum absolute atomic E-state index is 0.180. The summed E-state index contributed by atoms with van der Waals surface area (Å²) in [5.74, 6) is 0. The fraction of sp³-hybridized carbons (Fsp3) is 0.0566. The van der Waals surface area contributed by atoms with Crippen molar-refractivity contribution in [1.82, 2.24) is 0 Å². The van der Waals surface area contributed by atoms with Crippen molar-refractivity contribution in [3.05, 3.63) is 205 Å². The van der Waals surface area contributed by atoms with Crippen LogP contribution < -0.4 is 4.90 Å². The van der Waals surface area contributed by atoms with Crippen molar-refractivity contribution in [1.29, 1.82) is 0 Å². The molecule has 1 aliphatic carbocycles. The average molecular weight is 736 g/mol. The second-order valence-electron chi connectivity index (χ2n) is 15.0. The molecule has 2 heterocycles. The van der Waals surface area contributed by atoms with Crippen LogP contribution in [0.3, 0.4) is 0 Å². The predicted molar refractivity (Wildman–Crippen MR) is 239 cm³/mol. The lowest BCUT2D eigenvalue weighted by Gasteiger charge is -2.34. The van der Waals surface area contributed by atoms with E-state index in [1.165, 1.54) is 53.2 Å². The molecule has 0 saturated heterocycles. The van der Waals surface area contributed by atoms with Crippen LogP contribution in [-0.4, -0.2) is 0 Å². The van der Waals surface area contributed by atoms with Gasteiger partial charge in [0.05, 0.1) is 11.4 Å². The SMILES string of the molecule is CC1(c2cccc3c2sc2ccccc23)C=CC(N(c2ccccc2-c2cccc3cccc(-c4ccccc4)c23)c2cccc3c2oc2ccccc23)=CC1. The number of allylic oxidation sites excluding steroid dienone is 3. The molecule has 0 aliphatic heterocycles. The molecule has 1 unspecified atom stereocenters.